The van der Waals surface area contributed by atoms with Crippen molar-refractivity contribution in [2.45, 2.75) is 18.5 Å². The van der Waals surface area contributed by atoms with E-state index in [1.807, 2.05) is 0 Å². The number of hydrogen-bond donors (Lipinski definition) is 1. The highest BCUT2D eigenvalue weighted by molar-refractivity contribution is 7.92. The van der Waals surface area contributed by atoms with Crippen molar-refractivity contribution >= 4 is 21.7 Å². The Balaban J connectivity index is 2.27. The summed E-state index contributed by atoms with van der Waals surface area (Å²) in [5.74, 6) is -0.594. The van der Waals surface area contributed by atoms with Crippen LogP contribution in [0.25, 0.3) is 0 Å². The van der Waals surface area contributed by atoms with Gasteiger partial charge in [0.1, 0.15) is 12.2 Å². The Morgan fingerprint density at radius 3 is 2.78 bits per heavy atom. The second-order valence-electron chi connectivity index (χ2n) is 4.44. The van der Waals surface area contributed by atoms with Crippen molar-refractivity contribution in [3.8, 4) is 0 Å². The number of esters is 1. The fourth-order valence-electron chi connectivity index (χ4n) is 1.73. The van der Waals surface area contributed by atoms with Crippen molar-refractivity contribution in [2.24, 2.45) is 7.05 Å². The molecule has 2 aromatic rings. The van der Waals surface area contributed by atoms with Crippen LogP contribution in [0.1, 0.15) is 6.92 Å². The Labute approximate surface area is 131 Å². The summed E-state index contributed by atoms with van der Waals surface area (Å²) in [5.41, 5.74) is -0.879. The SMILES string of the molecule is CCOC(=O)Cn1cccc(NS(=O)(=O)c2cnn(C)n2)c1=O. The maximum absolute atomic E-state index is 12.2. The fraction of sp³-hybridized carbons (Fsp3) is 0.333. The van der Waals surface area contributed by atoms with Crippen molar-refractivity contribution < 1.29 is 17.9 Å². The zero-order valence-corrected chi connectivity index (χ0v) is 13.3. The minimum atomic E-state index is -4.04. The Morgan fingerprint density at radius 1 is 1.43 bits per heavy atom. The van der Waals surface area contributed by atoms with Crippen LogP contribution in [0.3, 0.4) is 0 Å². The van der Waals surface area contributed by atoms with Crippen molar-refractivity contribution in [3.63, 3.8) is 0 Å². The lowest BCUT2D eigenvalue weighted by Gasteiger charge is -2.09. The highest BCUT2D eigenvalue weighted by Gasteiger charge is 2.20. The second-order valence-corrected chi connectivity index (χ2v) is 6.07. The highest BCUT2D eigenvalue weighted by atomic mass is 32.2. The van der Waals surface area contributed by atoms with E-state index in [-0.39, 0.29) is 23.9 Å². The van der Waals surface area contributed by atoms with E-state index in [1.54, 1.807) is 6.92 Å². The van der Waals surface area contributed by atoms with Gasteiger partial charge in [-0.3, -0.25) is 14.3 Å². The van der Waals surface area contributed by atoms with E-state index in [2.05, 4.69) is 14.9 Å². The first-order valence-electron chi connectivity index (χ1n) is 6.57. The van der Waals surface area contributed by atoms with Gasteiger partial charge in [0, 0.05) is 13.2 Å². The van der Waals surface area contributed by atoms with E-state index in [9.17, 15) is 18.0 Å². The number of ether oxygens (including phenoxy) is 1. The lowest BCUT2D eigenvalue weighted by molar-refractivity contribution is -0.143. The number of nitrogens with one attached hydrogen (secondary N) is 1. The summed E-state index contributed by atoms with van der Waals surface area (Å²) in [6.45, 7) is 1.52. The molecule has 124 valence electrons. The Kier molecular flexibility index (Phi) is 4.79. The van der Waals surface area contributed by atoms with Crippen LogP contribution in [0.4, 0.5) is 5.69 Å². The molecule has 0 fully saturated rings. The largest absolute Gasteiger partial charge is 0.465 e. The molecule has 0 aliphatic carbocycles. The van der Waals surface area contributed by atoms with E-state index in [0.717, 1.165) is 15.6 Å². The standard InChI is InChI=1S/C12H15N5O5S/c1-3-22-11(18)8-17-6-4-5-9(12(17)19)15-23(20,21)10-7-13-16(2)14-10/h4-7,15H,3,8H2,1-2H3. The number of nitrogens with zero attached hydrogens (tertiary/aromatic N) is 4. The summed E-state index contributed by atoms with van der Waals surface area (Å²) >= 11 is 0. The summed E-state index contributed by atoms with van der Waals surface area (Å²) < 4.78 is 32.2. The molecule has 0 bridgehead atoms. The number of anilines is 1. The lowest BCUT2D eigenvalue weighted by atomic mass is 10.4. The number of carbonyl (C=O) groups is 1. The fourth-order valence-corrected chi connectivity index (χ4v) is 2.69. The van der Waals surface area contributed by atoms with Crippen molar-refractivity contribution in [3.05, 3.63) is 34.9 Å². The zero-order valence-electron chi connectivity index (χ0n) is 12.5. The van der Waals surface area contributed by atoms with Crippen LogP contribution in [-0.4, -0.2) is 40.6 Å². The maximum Gasteiger partial charge on any atom is 0.326 e. The molecule has 0 atom stereocenters. The van der Waals surface area contributed by atoms with Gasteiger partial charge in [-0.05, 0) is 19.1 Å². The zero-order chi connectivity index (χ0) is 17.0. The molecule has 0 aliphatic heterocycles. The van der Waals surface area contributed by atoms with Gasteiger partial charge in [-0.1, -0.05) is 0 Å². The van der Waals surface area contributed by atoms with E-state index in [1.165, 1.54) is 25.4 Å². The quantitative estimate of drug-likeness (QED) is 0.691. The molecule has 2 heterocycles. The van der Waals surface area contributed by atoms with Gasteiger partial charge in [-0.25, -0.2) is 0 Å². The van der Waals surface area contributed by atoms with Crippen molar-refractivity contribution in [2.75, 3.05) is 11.3 Å². The van der Waals surface area contributed by atoms with Gasteiger partial charge in [0.05, 0.1) is 12.8 Å². The third-order valence-corrected chi connectivity index (χ3v) is 3.95. The number of aryl methyl sites for hydroxylation is 1. The molecule has 0 unspecified atom stereocenters. The maximum atomic E-state index is 12.2. The highest BCUT2D eigenvalue weighted by Crippen LogP contribution is 2.09. The first kappa shape index (κ1) is 16.7. The summed E-state index contributed by atoms with van der Waals surface area (Å²) in [4.78, 5) is 24.7. The molecule has 0 aromatic carbocycles. The molecule has 0 radical (unpaired) electrons. The molecular formula is C12H15N5O5S. The number of hydrogen-bond acceptors (Lipinski definition) is 7. The number of carbonyl (C=O) groups excluding carboxylic acids is 1. The lowest BCUT2D eigenvalue weighted by Crippen LogP contribution is -2.28. The van der Waals surface area contributed by atoms with Gasteiger partial charge in [0.25, 0.3) is 15.6 Å². The van der Waals surface area contributed by atoms with Gasteiger partial charge >= 0.3 is 5.97 Å². The molecule has 2 aromatic heterocycles. The number of aromatic nitrogens is 4. The van der Waals surface area contributed by atoms with E-state index >= 15 is 0 Å². The van der Waals surface area contributed by atoms with Crippen molar-refractivity contribution in [1.29, 1.82) is 0 Å². The third kappa shape index (κ3) is 3.94. The minimum absolute atomic E-state index is 0.187. The van der Waals surface area contributed by atoms with Crippen LogP contribution in [0.2, 0.25) is 0 Å². The van der Waals surface area contributed by atoms with E-state index < -0.39 is 21.6 Å². The molecule has 0 aliphatic rings. The number of pyridine rings is 1. The van der Waals surface area contributed by atoms with Crippen molar-refractivity contribution in [1.82, 2.24) is 19.6 Å². The van der Waals surface area contributed by atoms with Gasteiger partial charge < -0.3 is 9.30 Å². The molecular weight excluding hydrogens is 326 g/mol. The van der Waals surface area contributed by atoms with Gasteiger partial charge in [-0.15, -0.1) is 5.10 Å². The smallest absolute Gasteiger partial charge is 0.326 e. The molecule has 23 heavy (non-hydrogen) atoms. The molecule has 0 spiro atoms. The average molecular weight is 341 g/mol. The first-order chi connectivity index (χ1) is 10.8. The molecule has 10 nitrogen and oxygen atoms in total. The molecule has 11 heteroatoms. The number of rotatable bonds is 6. The Morgan fingerprint density at radius 2 is 2.17 bits per heavy atom. The summed E-state index contributed by atoms with van der Waals surface area (Å²) in [7, 11) is -2.58. The summed E-state index contributed by atoms with van der Waals surface area (Å²) in [6.07, 6.45) is 2.42. The topological polar surface area (TPSA) is 125 Å². The monoisotopic (exact) mass is 341 g/mol. The van der Waals surface area contributed by atoms with E-state index in [0.29, 0.717) is 0 Å². The van der Waals surface area contributed by atoms with Crippen LogP contribution in [0, 0.1) is 0 Å². The van der Waals surface area contributed by atoms with Crippen LogP contribution in [-0.2, 0) is 33.1 Å². The first-order valence-corrected chi connectivity index (χ1v) is 8.06. The molecule has 0 saturated carbocycles. The average Bonchev–Trinajstić information content (AvgIpc) is 2.91. The second kappa shape index (κ2) is 6.60. The summed E-state index contributed by atoms with van der Waals surface area (Å²) in [6, 6.07) is 2.73. The number of sulfonamides is 1. The van der Waals surface area contributed by atoms with Crippen LogP contribution in [0.5, 0.6) is 0 Å². The molecule has 0 saturated heterocycles. The third-order valence-electron chi connectivity index (χ3n) is 2.72. The van der Waals surface area contributed by atoms with Crippen LogP contribution < -0.4 is 10.3 Å². The Hall–Kier alpha value is -2.69. The molecule has 0 amide bonds. The molecule has 2 rings (SSSR count). The predicted octanol–water partition coefficient (Wildman–Crippen LogP) is -0.659. The van der Waals surface area contributed by atoms with Gasteiger partial charge in [-0.2, -0.15) is 18.3 Å². The molecule has 1 N–H and O–H groups in total. The van der Waals surface area contributed by atoms with Crippen LogP contribution >= 0.6 is 0 Å². The van der Waals surface area contributed by atoms with E-state index in [4.69, 9.17) is 4.74 Å². The predicted molar refractivity (Wildman–Crippen MR) is 79.1 cm³/mol. The minimum Gasteiger partial charge on any atom is -0.465 e. The van der Waals surface area contributed by atoms with Gasteiger partial charge in [0.15, 0.2) is 0 Å². The Bertz CT molecular complexity index is 870. The normalized spacial score (nSPS) is 11.2. The summed E-state index contributed by atoms with van der Waals surface area (Å²) in [5, 5.41) is 7.02. The van der Waals surface area contributed by atoms with Gasteiger partial charge in [0.2, 0.25) is 5.03 Å². The van der Waals surface area contributed by atoms with Crippen LogP contribution in [0.15, 0.2) is 34.3 Å².